The van der Waals surface area contributed by atoms with E-state index in [4.69, 9.17) is 17.7 Å². The lowest BCUT2D eigenvalue weighted by Gasteiger charge is -2.30. The van der Waals surface area contributed by atoms with Crippen molar-refractivity contribution in [3.63, 3.8) is 0 Å². The van der Waals surface area contributed by atoms with Gasteiger partial charge in [0.2, 0.25) is 16.6 Å². The van der Waals surface area contributed by atoms with E-state index in [2.05, 4.69) is 39.3 Å². The zero-order valence-electron chi connectivity index (χ0n) is 18.0. The van der Waals surface area contributed by atoms with Gasteiger partial charge in [-0.05, 0) is 65.5 Å². The first kappa shape index (κ1) is 25.5. The number of rotatable bonds is 10. The summed E-state index contributed by atoms with van der Waals surface area (Å²) in [5, 5.41) is 0. The van der Waals surface area contributed by atoms with Crippen LogP contribution >= 0.6 is 0 Å². The number of hydrogen-bond donors (Lipinski definition) is 0. The summed E-state index contributed by atoms with van der Waals surface area (Å²) in [7, 11) is -7.47. The highest BCUT2D eigenvalue weighted by Gasteiger charge is 2.32. The second-order valence-corrected chi connectivity index (χ2v) is 27.2. The van der Waals surface area contributed by atoms with Gasteiger partial charge in [0.25, 0.3) is 0 Å². The maximum Gasteiger partial charge on any atom is 0.330 e. The maximum atomic E-state index is 11.8. The van der Waals surface area contributed by atoms with Crippen LogP contribution in [0.15, 0.2) is 12.2 Å². The molecule has 6 nitrogen and oxygen atoms in total. The normalized spacial score (nSPS) is 13.8. The summed E-state index contributed by atoms with van der Waals surface area (Å²) in [6.07, 6.45) is 2.74. The number of carbonyl (C=O) groups excluding carboxylic acids is 2. The van der Waals surface area contributed by atoms with E-state index in [0.29, 0.717) is 0 Å². The van der Waals surface area contributed by atoms with Gasteiger partial charge in [-0.1, -0.05) is 0 Å². The Bertz CT molecular complexity index is 472. The monoisotopic (exact) mass is 436 g/mol. The zero-order valence-corrected chi connectivity index (χ0v) is 22.0. The van der Waals surface area contributed by atoms with Crippen LogP contribution in [0.1, 0.15) is 0 Å². The van der Waals surface area contributed by atoms with Crippen LogP contribution in [0.4, 0.5) is 0 Å². The first-order chi connectivity index (χ1) is 11.4. The van der Waals surface area contributed by atoms with Gasteiger partial charge >= 0.3 is 11.9 Å². The van der Waals surface area contributed by atoms with Crippen LogP contribution in [-0.2, 0) is 27.3 Å². The molecule has 0 rings (SSSR count). The maximum absolute atomic E-state index is 11.8. The van der Waals surface area contributed by atoms with Gasteiger partial charge in [0, 0.05) is 12.2 Å². The lowest BCUT2D eigenvalue weighted by Crippen LogP contribution is -2.46. The Hall–Kier alpha value is -0.532. The smallest absolute Gasteiger partial charge is 0.330 e. The lowest BCUT2D eigenvalue weighted by molar-refractivity contribution is -0.138. The molecular weight excluding hydrogens is 401 g/mol. The molecule has 0 aliphatic heterocycles. The van der Waals surface area contributed by atoms with E-state index in [1.807, 2.05) is 26.2 Å². The van der Waals surface area contributed by atoms with Crippen LogP contribution < -0.4 is 0 Å². The highest BCUT2D eigenvalue weighted by atomic mass is 28.4. The van der Waals surface area contributed by atoms with E-state index in [1.54, 1.807) is 0 Å². The molecule has 0 spiro atoms. The number of hydrogen-bond acceptors (Lipinski definition) is 6. The SMILES string of the molecule is C[Si](C)(C)O[Si](C)(C)COC(=O)/C=C/C(=O)OC[Si](C)(C)O[Si](C)(C)C. The molecule has 0 radical (unpaired) electrons. The van der Waals surface area contributed by atoms with E-state index in [-0.39, 0.29) is 12.5 Å². The van der Waals surface area contributed by atoms with Gasteiger partial charge in [0.05, 0.1) is 0 Å². The quantitative estimate of drug-likeness (QED) is 0.294. The van der Waals surface area contributed by atoms with Crippen molar-refractivity contribution in [3.05, 3.63) is 12.2 Å². The van der Waals surface area contributed by atoms with Gasteiger partial charge in [0.1, 0.15) is 12.5 Å². The largest absolute Gasteiger partial charge is 0.463 e. The van der Waals surface area contributed by atoms with Crippen LogP contribution in [0.2, 0.25) is 65.5 Å². The van der Waals surface area contributed by atoms with Gasteiger partial charge in [-0.2, -0.15) is 0 Å². The molecule has 0 saturated carbocycles. The van der Waals surface area contributed by atoms with E-state index in [9.17, 15) is 9.59 Å². The van der Waals surface area contributed by atoms with E-state index < -0.39 is 45.2 Å². The molecule has 26 heavy (non-hydrogen) atoms. The second-order valence-electron chi connectivity index (χ2n) is 9.50. The highest BCUT2D eigenvalue weighted by Crippen LogP contribution is 2.15. The summed E-state index contributed by atoms with van der Waals surface area (Å²) in [5.41, 5.74) is 0. The third-order valence-electron chi connectivity index (χ3n) is 2.64. The Balaban J connectivity index is 4.38. The molecule has 0 aromatic rings. The lowest BCUT2D eigenvalue weighted by atomic mass is 10.5. The second kappa shape index (κ2) is 9.60. The Kier molecular flexibility index (Phi) is 9.40. The number of ether oxygens (including phenoxy) is 2. The van der Waals surface area contributed by atoms with Crippen molar-refractivity contribution >= 4 is 45.2 Å². The Morgan fingerprint density at radius 3 is 1.12 bits per heavy atom. The predicted molar refractivity (Wildman–Crippen MR) is 115 cm³/mol. The van der Waals surface area contributed by atoms with Gasteiger partial charge in [-0.25, -0.2) is 9.59 Å². The minimum atomic E-state index is -2.06. The minimum Gasteiger partial charge on any atom is -0.463 e. The number of esters is 2. The van der Waals surface area contributed by atoms with Crippen molar-refractivity contribution in [2.75, 3.05) is 12.5 Å². The average Bonchev–Trinajstić information content (AvgIpc) is 2.35. The van der Waals surface area contributed by atoms with Crippen LogP contribution in [0, 0.1) is 0 Å². The zero-order chi connectivity index (χ0) is 20.8. The molecule has 0 heterocycles. The van der Waals surface area contributed by atoms with Gasteiger partial charge < -0.3 is 17.7 Å². The third-order valence-corrected chi connectivity index (χ3v) is 13.6. The van der Waals surface area contributed by atoms with Crippen molar-refractivity contribution in [1.29, 1.82) is 0 Å². The third kappa shape index (κ3) is 14.6. The van der Waals surface area contributed by atoms with Crippen LogP contribution in [0.25, 0.3) is 0 Å². The topological polar surface area (TPSA) is 71.1 Å². The molecule has 0 atom stereocenters. The summed E-state index contributed by atoms with van der Waals surface area (Å²) in [4.78, 5) is 23.6. The molecule has 0 unspecified atom stereocenters. The molecule has 0 aromatic carbocycles. The molecule has 0 fully saturated rings. The first-order valence-corrected chi connectivity index (χ1v) is 21.9. The summed E-state index contributed by atoms with van der Waals surface area (Å²) in [5.74, 6) is -1.12. The average molecular weight is 437 g/mol. The van der Waals surface area contributed by atoms with Crippen molar-refractivity contribution in [2.45, 2.75) is 65.5 Å². The Morgan fingerprint density at radius 2 is 0.885 bits per heavy atom. The Morgan fingerprint density at radius 1 is 0.615 bits per heavy atom. The summed E-state index contributed by atoms with van der Waals surface area (Å²) >= 11 is 0. The summed E-state index contributed by atoms with van der Waals surface area (Å²) < 4.78 is 22.7. The van der Waals surface area contributed by atoms with Crippen molar-refractivity contribution in [1.82, 2.24) is 0 Å². The molecule has 152 valence electrons. The van der Waals surface area contributed by atoms with Gasteiger partial charge in [0.15, 0.2) is 16.6 Å². The standard InChI is InChI=1S/C16H36O6Si4/c1-23(2,3)21-25(7,8)13-19-15(17)11-12-16(18)20-14-26(9,10)22-24(4,5)6/h11-12H,13-14H2,1-10H3/b12-11+. The van der Waals surface area contributed by atoms with Crippen LogP contribution in [-0.4, -0.2) is 57.7 Å². The molecule has 10 heteroatoms. The predicted octanol–water partition coefficient (Wildman–Crippen LogP) is 3.82. The fraction of sp³-hybridized carbons (Fsp3) is 0.750. The fourth-order valence-electron chi connectivity index (χ4n) is 2.44. The summed E-state index contributed by atoms with van der Waals surface area (Å²) in [6.45, 7) is 20.7. The van der Waals surface area contributed by atoms with Gasteiger partial charge in [-0.3, -0.25) is 0 Å². The molecule has 0 aliphatic rings. The molecule has 0 bridgehead atoms. The van der Waals surface area contributed by atoms with Crippen LogP contribution in [0.3, 0.4) is 0 Å². The van der Waals surface area contributed by atoms with Crippen molar-refractivity contribution < 1.29 is 27.3 Å². The molecule has 0 aromatic heterocycles. The molecule has 0 saturated heterocycles. The van der Waals surface area contributed by atoms with E-state index in [1.165, 1.54) is 0 Å². The summed E-state index contributed by atoms with van der Waals surface area (Å²) in [6, 6.07) is 0. The van der Waals surface area contributed by atoms with Gasteiger partial charge in [-0.15, -0.1) is 0 Å². The first-order valence-electron chi connectivity index (χ1n) is 8.83. The van der Waals surface area contributed by atoms with Crippen molar-refractivity contribution in [2.24, 2.45) is 0 Å². The van der Waals surface area contributed by atoms with Crippen LogP contribution in [0.5, 0.6) is 0 Å². The van der Waals surface area contributed by atoms with E-state index in [0.717, 1.165) is 12.2 Å². The fourth-order valence-corrected chi connectivity index (χ4v) is 17.2. The number of carbonyl (C=O) groups is 2. The molecule has 0 amide bonds. The van der Waals surface area contributed by atoms with Crippen molar-refractivity contribution in [3.8, 4) is 0 Å². The molecule has 0 aliphatic carbocycles. The Labute approximate surface area is 162 Å². The molecule has 0 N–H and O–H groups in total. The van der Waals surface area contributed by atoms with E-state index >= 15 is 0 Å². The molecular formula is C16H36O6Si4. The highest BCUT2D eigenvalue weighted by molar-refractivity contribution is 6.84. The minimum absolute atomic E-state index is 0.263.